The third kappa shape index (κ3) is 73.8. The summed E-state index contributed by atoms with van der Waals surface area (Å²) in [5, 5.41) is 0. The molecule has 0 N–H and O–H groups in total. The predicted octanol–water partition coefficient (Wildman–Crippen LogP) is -1.36. The molecule has 0 aliphatic rings. The quantitative estimate of drug-likeness (QED) is 0.434. The van der Waals surface area contributed by atoms with Crippen LogP contribution in [0.1, 0.15) is 0 Å². The molecule has 0 bridgehead atoms. The molecule has 0 aromatic heterocycles. The van der Waals surface area contributed by atoms with E-state index >= 15 is 0 Å². The van der Waals surface area contributed by atoms with Crippen molar-refractivity contribution in [3.8, 4) is 0 Å². The van der Waals surface area contributed by atoms with Crippen LogP contribution in [0.5, 0.6) is 0 Å². The number of rotatable bonds is 0. The minimum absolute atomic E-state index is 0. The Morgan fingerprint density at radius 2 is 0.556 bits per heavy atom. The zero-order chi connectivity index (χ0) is 0. The first-order valence-electron chi connectivity index (χ1n) is 0. The molecule has 0 aromatic carbocycles. The smallest absolute Gasteiger partial charge is 2.00 e. The zero-order valence-electron chi connectivity index (χ0n) is 4.29. The van der Waals surface area contributed by atoms with Gasteiger partial charge in [0.15, 0.2) is 0 Å². The van der Waals surface area contributed by atoms with Gasteiger partial charge in [-0.1, -0.05) is 0 Å². The van der Waals surface area contributed by atoms with E-state index in [0.29, 0.717) is 0 Å². The fourth-order valence-electron chi connectivity index (χ4n) is 0. The second-order valence-electron chi connectivity index (χ2n) is 0. The molecule has 0 fully saturated rings. The SMILES string of the molecule is [Ba+2].[Co+2].[O-2].[O-2].[O-2].[O-2].[O-2].[Sr+2].[Ti+4]. The fourth-order valence-corrected chi connectivity index (χ4v) is 0. The van der Waals surface area contributed by atoms with Gasteiger partial charge in [-0.05, 0) is 0 Å². The van der Waals surface area contributed by atoms with Crippen molar-refractivity contribution in [1.82, 2.24) is 0 Å². The topological polar surface area (TPSA) is 142 Å². The largest absolute Gasteiger partial charge is 4.00 e. The summed E-state index contributed by atoms with van der Waals surface area (Å²) in [5.74, 6) is 0. The average Bonchev–Trinajstić information content (AvgIpc) is 0. The molecular weight excluding hydrogens is 412 g/mol. The van der Waals surface area contributed by atoms with E-state index in [0.717, 1.165) is 0 Å². The second-order valence-corrected chi connectivity index (χ2v) is 0. The van der Waals surface area contributed by atoms with Gasteiger partial charge < -0.3 is 27.4 Å². The zero-order valence-corrected chi connectivity index (χ0v) is 14.8. The summed E-state index contributed by atoms with van der Waals surface area (Å²) in [6.45, 7) is 0. The molecule has 0 saturated heterocycles. The van der Waals surface area contributed by atoms with Crippen molar-refractivity contribution < 1.29 is 65.9 Å². The van der Waals surface area contributed by atoms with Crippen LogP contribution < -0.4 is 0 Å². The van der Waals surface area contributed by atoms with E-state index < -0.39 is 0 Å². The first-order chi connectivity index (χ1) is 0. The van der Waals surface area contributed by atoms with Crippen molar-refractivity contribution in [3.05, 3.63) is 0 Å². The molecule has 0 rings (SSSR count). The Hall–Kier alpha value is 4.07. The molecular formula is BaCoO5SrTi. The molecule has 0 unspecified atom stereocenters. The summed E-state index contributed by atoms with van der Waals surface area (Å²) < 4.78 is 0. The van der Waals surface area contributed by atoms with Crippen molar-refractivity contribution in [2.45, 2.75) is 0 Å². The molecule has 47 valence electrons. The summed E-state index contributed by atoms with van der Waals surface area (Å²) in [4.78, 5) is 0. The minimum Gasteiger partial charge on any atom is -2.00 e. The van der Waals surface area contributed by atoms with E-state index in [1.54, 1.807) is 0 Å². The third-order valence-electron chi connectivity index (χ3n) is 0. The van der Waals surface area contributed by atoms with Gasteiger partial charge in [0, 0.05) is 0 Å². The van der Waals surface area contributed by atoms with Crippen molar-refractivity contribution in [3.63, 3.8) is 0 Å². The molecule has 1 radical (unpaired) electrons. The van der Waals surface area contributed by atoms with Crippen LogP contribution in [0.15, 0.2) is 0 Å². The molecule has 0 amide bonds. The standard InChI is InChI=1S/Ba.Co.5O.Sr.Ti/q2*+2;5*-2;+2;+4. The Bertz CT molecular complexity index is 16.9. The van der Waals surface area contributed by atoms with Crippen molar-refractivity contribution in [2.24, 2.45) is 0 Å². The maximum absolute atomic E-state index is 0. The van der Waals surface area contributed by atoms with Crippen LogP contribution in [0.3, 0.4) is 0 Å². The van der Waals surface area contributed by atoms with Crippen LogP contribution in [-0.4, -0.2) is 94.4 Å². The van der Waals surface area contributed by atoms with Gasteiger partial charge in [-0.25, -0.2) is 0 Å². The maximum Gasteiger partial charge on any atom is 4.00 e. The minimum atomic E-state index is 0. The molecule has 9 heavy (non-hydrogen) atoms. The van der Waals surface area contributed by atoms with Gasteiger partial charge in [-0.3, -0.25) is 0 Å². The van der Waals surface area contributed by atoms with E-state index in [9.17, 15) is 0 Å². The van der Waals surface area contributed by atoms with Crippen LogP contribution in [0, 0.1) is 0 Å². The Labute approximate surface area is 156 Å². The molecule has 0 saturated carbocycles. The van der Waals surface area contributed by atoms with Gasteiger partial charge in [-0.2, -0.15) is 0 Å². The summed E-state index contributed by atoms with van der Waals surface area (Å²) in [5.41, 5.74) is 0. The van der Waals surface area contributed by atoms with E-state index in [-0.39, 0.29) is 160 Å². The van der Waals surface area contributed by atoms with Gasteiger partial charge in [0.05, 0.1) is 0 Å². The molecule has 0 heterocycles. The normalized spacial score (nSPS) is 0. The summed E-state index contributed by atoms with van der Waals surface area (Å²) in [6, 6.07) is 0. The van der Waals surface area contributed by atoms with E-state index in [1.807, 2.05) is 0 Å². The van der Waals surface area contributed by atoms with Crippen molar-refractivity contribution >= 4 is 94.4 Å². The van der Waals surface area contributed by atoms with Crippen LogP contribution in [0.4, 0.5) is 0 Å². The predicted molar refractivity (Wildman–Crippen MR) is 14.9 cm³/mol. The van der Waals surface area contributed by atoms with Gasteiger partial charge in [-0.15, -0.1) is 0 Å². The third-order valence-corrected chi connectivity index (χ3v) is 0. The maximum atomic E-state index is 0. The molecule has 9 heteroatoms. The Morgan fingerprint density at radius 1 is 0.556 bits per heavy atom. The molecule has 0 aromatic rings. The second kappa shape index (κ2) is 89.2. The Balaban J connectivity index is 0. The van der Waals surface area contributed by atoms with E-state index in [1.165, 1.54) is 0 Å². The fraction of sp³-hybridized carbons (Fsp3) is 0. The van der Waals surface area contributed by atoms with Gasteiger partial charge >= 0.3 is 133 Å². The van der Waals surface area contributed by atoms with Crippen LogP contribution in [0.2, 0.25) is 0 Å². The Kier molecular flexibility index (Phi) is 1140. The molecule has 5 nitrogen and oxygen atoms in total. The monoisotopic (exact) mass is 413 g/mol. The first kappa shape index (κ1) is 115. The van der Waals surface area contributed by atoms with Crippen LogP contribution >= 0.6 is 0 Å². The summed E-state index contributed by atoms with van der Waals surface area (Å²) >= 11 is 0. The Morgan fingerprint density at radius 3 is 0.556 bits per heavy atom. The van der Waals surface area contributed by atoms with Gasteiger partial charge in [0.2, 0.25) is 0 Å². The molecule has 0 atom stereocenters. The van der Waals surface area contributed by atoms with Gasteiger partial charge in [0.25, 0.3) is 0 Å². The number of hydrogen-bond donors (Lipinski definition) is 0. The van der Waals surface area contributed by atoms with Crippen molar-refractivity contribution in [2.75, 3.05) is 0 Å². The van der Waals surface area contributed by atoms with Gasteiger partial charge in [0.1, 0.15) is 0 Å². The van der Waals surface area contributed by atoms with Crippen LogP contribution in [0.25, 0.3) is 0 Å². The average molecular weight is 412 g/mol. The molecule has 0 aliphatic heterocycles. The van der Waals surface area contributed by atoms with E-state index in [2.05, 4.69) is 0 Å². The molecule has 0 spiro atoms. The summed E-state index contributed by atoms with van der Waals surface area (Å²) in [6.07, 6.45) is 0. The van der Waals surface area contributed by atoms with Crippen LogP contribution in [-0.2, 0) is 65.9 Å². The van der Waals surface area contributed by atoms with E-state index in [4.69, 9.17) is 0 Å². The molecule has 0 aliphatic carbocycles. The first-order valence-corrected chi connectivity index (χ1v) is 0. The number of hydrogen-bond acceptors (Lipinski definition) is 0. The summed E-state index contributed by atoms with van der Waals surface area (Å²) in [7, 11) is 0. The van der Waals surface area contributed by atoms with Crippen molar-refractivity contribution in [1.29, 1.82) is 0 Å².